The summed E-state index contributed by atoms with van der Waals surface area (Å²) < 4.78 is 2.05. The van der Waals surface area contributed by atoms with Crippen LogP contribution in [-0.2, 0) is 11.8 Å². The van der Waals surface area contributed by atoms with Gasteiger partial charge in [0.2, 0.25) is 0 Å². The summed E-state index contributed by atoms with van der Waals surface area (Å²) in [6.07, 6.45) is 1.64. The van der Waals surface area contributed by atoms with E-state index in [2.05, 4.69) is 5.32 Å². The van der Waals surface area contributed by atoms with E-state index in [4.69, 9.17) is 11.6 Å². The Kier molecular flexibility index (Phi) is 4.60. The Morgan fingerprint density at radius 1 is 1.20 bits per heavy atom. The summed E-state index contributed by atoms with van der Waals surface area (Å²) in [5.41, 5.74) is 3.57. The van der Waals surface area contributed by atoms with Gasteiger partial charge in [0.1, 0.15) is 11.6 Å². The van der Waals surface area contributed by atoms with E-state index in [9.17, 15) is 10.1 Å². The van der Waals surface area contributed by atoms with Gasteiger partial charge in [0.15, 0.2) is 0 Å². The number of halogens is 1. The number of para-hydroxylation sites is 1. The third-order valence-electron chi connectivity index (χ3n) is 4.20. The summed E-state index contributed by atoms with van der Waals surface area (Å²) in [6, 6.07) is 16.7. The number of amides is 1. The second-order valence-corrected chi connectivity index (χ2v) is 6.14. The summed E-state index contributed by atoms with van der Waals surface area (Å²) in [4.78, 5) is 12.4. The molecule has 0 radical (unpaired) electrons. The van der Waals surface area contributed by atoms with E-state index >= 15 is 0 Å². The molecule has 0 aliphatic carbocycles. The number of carbonyl (C=O) groups excluding carboxylic acids is 1. The molecule has 5 heteroatoms. The van der Waals surface area contributed by atoms with Gasteiger partial charge in [0.05, 0.1) is 0 Å². The number of anilines is 1. The van der Waals surface area contributed by atoms with Crippen molar-refractivity contribution < 1.29 is 4.79 Å². The molecular formula is C20H16ClN3O. The number of aromatic nitrogens is 1. The van der Waals surface area contributed by atoms with Gasteiger partial charge in [-0.15, -0.1) is 0 Å². The molecule has 1 heterocycles. The van der Waals surface area contributed by atoms with E-state index in [0.29, 0.717) is 10.7 Å². The van der Waals surface area contributed by atoms with Crippen molar-refractivity contribution in [2.75, 3.05) is 5.32 Å². The lowest BCUT2D eigenvalue weighted by molar-refractivity contribution is -0.112. The Morgan fingerprint density at radius 2 is 1.88 bits per heavy atom. The second-order valence-electron chi connectivity index (χ2n) is 5.71. The first kappa shape index (κ1) is 16.8. The number of nitrogens with zero attached hydrogens (tertiary/aromatic N) is 2. The molecule has 25 heavy (non-hydrogen) atoms. The normalized spacial score (nSPS) is 11.4. The lowest BCUT2D eigenvalue weighted by atomic mass is 10.1. The molecule has 124 valence electrons. The molecule has 0 atom stereocenters. The van der Waals surface area contributed by atoms with Crippen LogP contribution in [0.3, 0.4) is 0 Å². The molecule has 2 aromatic carbocycles. The summed E-state index contributed by atoms with van der Waals surface area (Å²) in [7, 11) is 1.97. The first-order valence-electron chi connectivity index (χ1n) is 7.74. The fourth-order valence-corrected chi connectivity index (χ4v) is 2.88. The van der Waals surface area contributed by atoms with Crippen LogP contribution in [0, 0.1) is 18.3 Å². The van der Waals surface area contributed by atoms with Crippen molar-refractivity contribution in [2.24, 2.45) is 7.05 Å². The maximum atomic E-state index is 12.4. The Bertz CT molecular complexity index is 1020. The topological polar surface area (TPSA) is 57.8 Å². The van der Waals surface area contributed by atoms with Crippen LogP contribution >= 0.6 is 11.6 Å². The van der Waals surface area contributed by atoms with Gasteiger partial charge in [0.25, 0.3) is 5.91 Å². The molecule has 3 aromatic rings. The number of hydrogen-bond acceptors (Lipinski definition) is 2. The van der Waals surface area contributed by atoms with Crippen LogP contribution in [0.25, 0.3) is 17.0 Å². The molecule has 3 rings (SSSR count). The quantitative estimate of drug-likeness (QED) is 0.551. The molecular weight excluding hydrogens is 334 g/mol. The molecule has 0 aliphatic heterocycles. The molecule has 0 fully saturated rings. The molecule has 0 saturated heterocycles. The van der Waals surface area contributed by atoms with Crippen LogP contribution in [0.2, 0.25) is 5.02 Å². The number of nitrogens with one attached hydrogen (secondary N) is 1. The Labute approximate surface area is 150 Å². The fraction of sp³-hybridized carbons (Fsp3) is 0.100. The van der Waals surface area contributed by atoms with E-state index in [1.54, 1.807) is 30.3 Å². The van der Waals surface area contributed by atoms with Gasteiger partial charge >= 0.3 is 0 Å². The van der Waals surface area contributed by atoms with Crippen molar-refractivity contribution in [3.05, 3.63) is 70.4 Å². The van der Waals surface area contributed by atoms with Crippen molar-refractivity contribution in [2.45, 2.75) is 6.92 Å². The SMILES string of the molecule is Cc1c(C=C(C#N)C(=O)Nc2ccc(Cl)cc2)c2ccccc2n1C. The Balaban J connectivity index is 1.98. The number of aryl methyl sites for hydroxylation is 1. The predicted octanol–water partition coefficient (Wildman–Crippen LogP) is 4.69. The highest BCUT2D eigenvalue weighted by molar-refractivity contribution is 6.30. The molecule has 0 unspecified atom stereocenters. The van der Waals surface area contributed by atoms with Crippen LogP contribution in [0.5, 0.6) is 0 Å². The standard InChI is InChI=1S/C20H16ClN3O/c1-13-18(17-5-3-4-6-19(17)24(13)2)11-14(12-22)20(25)23-16-9-7-15(21)8-10-16/h3-11H,1-2H3,(H,23,25). The van der Waals surface area contributed by atoms with Crippen molar-refractivity contribution in [1.82, 2.24) is 4.57 Å². The largest absolute Gasteiger partial charge is 0.347 e. The first-order chi connectivity index (χ1) is 12.0. The van der Waals surface area contributed by atoms with Crippen LogP contribution in [0.15, 0.2) is 54.1 Å². The molecule has 1 amide bonds. The maximum Gasteiger partial charge on any atom is 0.266 e. The molecule has 0 saturated carbocycles. The number of fused-ring (bicyclic) bond motifs is 1. The first-order valence-corrected chi connectivity index (χ1v) is 8.12. The number of benzene rings is 2. The third-order valence-corrected chi connectivity index (χ3v) is 4.46. The zero-order chi connectivity index (χ0) is 18.0. The lowest BCUT2D eigenvalue weighted by Gasteiger charge is -2.04. The molecule has 0 aliphatic rings. The Hall–Kier alpha value is -3.03. The second kappa shape index (κ2) is 6.84. The third kappa shape index (κ3) is 3.28. The van der Waals surface area contributed by atoms with Crippen molar-refractivity contribution in [3.8, 4) is 6.07 Å². The molecule has 0 spiro atoms. The summed E-state index contributed by atoms with van der Waals surface area (Å²) >= 11 is 5.84. The zero-order valence-corrected chi connectivity index (χ0v) is 14.6. The van der Waals surface area contributed by atoms with Crippen LogP contribution in [0.4, 0.5) is 5.69 Å². The highest BCUT2D eigenvalue weighted by Gasteiger charge is 2.14. The van der Waals surface area contributed by atoms with Gasteiger partial charge in [-0.2, -0.15) is 5.26 Å². The van der Waals surface area contributed by atoms with Crippen molar-refractivity contribution in [3.63, 3.8) is 0 Å². The molecule has 0 bridgehead atoms. The summed E-state index contributed by atoms with van der Waals surface area (Å²) in [5.74, 6) is -0.447. The minimum absolute atomic E-state index is 0.0504. The van der Waals surface area contributed by atoms with Crippen molar-refractivity contribution in [1.29, 1.82) is 5.26 Å². The summed E-state index contributed by atoms with van der Waals surface area (Å²) in [5, 5.41) is 13.8. The smallest absolute Gasteiger partial charge is 0.266 e. The van der Waals surface area contributed by atoms with Crippen LogP contribution < -0.4 is 5.32 Å². The van der Waals surface area contributed by atoms with Gasteiger partial charge in [-0.25, -0.2) is 0 Å². The van der Waals surface area contributed by atoms with Crippen LogP contribution in [0.1, 0.15) is 11.3 Å². The van der Waals surface area contributed by atoms with Crippen LogP contribution in [-0.4, -0.2) is 10.5 Å². The van der Waals surface area contributed by atoms with E-state index in [1.807, 2.05) is 48.9 Å². The molecule has 4 nitrogen and oxygen atoms in total. The van der Waals surface area contributed by atoms with Gasteiger partial charge < -0.3 is 9.88 Å². The average Bonchev–Trinajstić information content (AvgIpc) is 2.86. The van der Waals surface area contributed by atoms with E-state index < -0.39 is 5.91 Å². The zero-order valence-electron chi connectivity index (χ0n) is 13.9. The molecule has 1 N–H and O–H groups in total. The predicted molar refractivity (Wildman–Crippen MR) is 101 cm³/mol. The van der Waals surface area contributed by atoms with Gasteiger partial charge in [0, 0.05) is 39.9 Å². The number of hydrogen-bond donors (Lipinski definition) is 1. The summed E-state index contributed by atoms with van der Waals surface area (Å²) in [6.45, 7) is 1.97. The van der Waals surface area contributed by atoms with Gasteiger partial charge in [-0.1, -0.05) is 29.8 Å². The van der Waals surface area contributed by atoms with Gasteiger partial charge in [-0.3, -0.25) is 4.79 Å². The van der Waals surface area contributed by atoms with Crippen molar-refractivity contribution >= 4 is 40.2 Å². The molecule has 1 aromatic heterocycles. The van der Waals surface area contributed by atoms with E-state index in [0.717, 1.165) is 22.2 Å². The highest BCUT2D eigenvalue weighted by Crippen LogP contribution is 2.27. The fourth-order valence-electron chi connectivity index (χ4n) is 2.76. The highest BCUT2D eigenvalue weighted by atomic mass is 35.5. The van der Waals surface area contributed by atoms with E-state index in [-0.39, 0.29) is 5.57 Å². The maximum absolute atomic E-state index is 12.4. The van der Waals surface area contributed by atoms with Gasteiger partial charge in [-0.05, 0) is 43.3 Å². The minimum atomic E-state index is -0.447. The average molecular weight is 350 g/mol. The lowest BCUT2D eigenvalue weighted by Crippen LogP contribution is -2.13. The Morgan fingerprint density at radius 3 is 2.56 bits per heavy atom. The number of carbonyl (C=O) groups is 1. The minimum Gasteiger partial charge on any atom is -0.347 e. The van der Waals surface area contributed by atoms with E-state index in [1.165, 1.54) is 0 Å². The monoisotopic (exact) mass is 349 g/mol. The number of rotatable bonds is 3. The number of nitriles is 1.